The van der Waals surface area contributed by atoms with E-state index in [9.17, 15) is 0 Å². The minimum atomic E-state index is 0.314. The van der Waals surface area contributed by atoms with Crippen LogP contribution in [0, 0.1) is 12.8 Å². The zero-order valence-electron chi connectivity index (χ0n) is 20.9. The number of fused-ring (bicyclic) bond motifs is 1. The summed E-state index contributed by atoms with van der Waals surface area (Å²) in [6, 6.07) is 2.76. The molecular formula is C26H34N8S2. The van der Waals surface area contributed by atoms with Gasteiger partial charge in [0.2, 0.25) is 5.95 Å². The van der Waals surface area contributed by atoms with Crippen molar-refractivity contribution in [2.45, 2.75) is 76.8 Å². The Morgan fingerprint density at radius 3 is 2.69 bits per heavy atom. The lowest BCUT2D eigenvalue weighted by atomic mass is 10.2. The van der Waals surface area contributed by atoms with Crippen LogP contribution in [-0.2, 0) is 0 Å². The van der Waals surface area contributed by atoms with Crippen molar-refractivity contribution in [2.24, 2.45) is 5.92 Å². The molecule has 2 atom stereocenters. The van der Waals surface area contributed by atoms with Crippen LogP contribution in [0.1, 0.15) is 69.2 Å². The van der Waals surface area contributed by atoms with Crippen LogP contribution in [0.4, 0.5) is 11.8 Å². The number of aromatic nitrogens is 4. The van der Waals surface area contributed by atoms with Gasteiger partial charge < -0.3 is 21.3 Å². The lowest BCUT2D eigenvalue weighted by Crippen LogP contribution is -2.41. The van der Waals surface area contributed by atoms with E-state index < -0.39 is 0 Å². The summed E-state index contributed by atoms with van der Waals surface area (Å²) in [5.41, 5.74) is 4.15. The third-order valence-corrected chi connectivity index (χ3v) is 8.60. The molecular weight excluding hydrogens is 488 g/mol. The number of pyridine rings is 1. The summed E-state index contributed by atoms with van der Waals surface area (Å²) in [6.45, 7) is 5.91. The molecule has 0 aromatic carbocycles. The number of thiazole rings is 1. The first-order valence-electron chi connectivity index (χ1n) is 13.3. The molecule has 3 saturated carbocycles. The number of hydrogen-bond acceptors (Lipinski definition) is 8. The highest BCUT2D eigenvalue weighted by atomic mass is 32.1. The van der Waals surface area contributed by atoms with Crippen LogP contribution in [0.15, 0.2) is 12.3 Å². The second kappa shape index (κ2) is 10.0. The normalized spacial score (nSPS) is 21.5. The zero-order chi connectivity index (χ0) is 24.6. The van der Waals surface area contributed by atoms with Gasteiger partial charge >= 0.3 is 0 Å². The Morgan fingerprint density at radius 1 is 1.08 bits per heavy atom. The second-order valence-corrected chi connectivity index (χ2v) is 11.8. The van der Waals surface area contributed by atoms with Gasteiger partial charge in [-0.2, -0.15) is 4.98 Å². The summed E-state index contributed by atoms with van der Waals surface area (Å²) in [6.07, 6.45) is 10.1. The first-order valence-corrected chi connectivity index (χ1v) is 14.5. The Morgan fingerprint density at radius 2 is 1.92 bits per heavy atom. The van der Waals surface area contributed by atoms with E-state index in [1.165, 1.54) is 30.4 Å². The summed E-state index contributed by atoms with van der Waals surface area (Å²) in [5.74, 6) is 2.89. The van der Waals surface area contributed by atoms with Crippen molar-refractivity contribution in [1.82, 2.24) is 30.6 Å². The molecule has 0 spiro atoms. The molecule has 8 nitrogen and oxygen atoms in total. The monoisotopic (exact) mass is 522 g/mol. The fraction of sp³-hybridized carbons (Fsp3) is 0.577. The van der Waals surface area contributed by atoms with E-state index >= 15 is 0 Å². The van der Waals surface area contributed by atoms with E-state index in [-0.39, 0.29) is 0 Å². The molecule has 3 aromatic rings. The van der Waals surface area contributed by atoms with Crippen LogP contribution < -0.4 is 21.3 Å². The molecule has 0 radical (unpaired) electrons. The van der Waals surface area contributed by atoms with Gasteiger partial charge in [-0.15, -0.1) is 11.3 Å². The average Bonchev–Trinajstić information content (AvgIpc) is 3.77. The van der Waals surface area contributed by atoms with Crippen LogP contribution in [0.5, 0.6) is 0 Å². The number of nitrogens with one attached hydrogen (secondary N) is 4. The van der Waals surface area contributed by atoms with Gasteiger partial charge in [0.1, 0.15) is 16.3 Å². The molecule has 3 aromatic heterocycles. The molecule has 0 unspecified atom stereocenters. The predicted molar refractivity (Wildman–Crippen MR) is 151 cm³/mol. The van der Waals surface area contributed by atoms with E-state index in [1.807, 2.05) is 6.20 Å². The molecule has 10 heteroatoms. The van der Waals surface area contributed by atoms with Crippen molar-refractivity contribution in [3.05, 3.63) is 23.7 Å². The maximum Gasteiger partial charge on any atom is 0.224 e. The maximum atomic E-state index is 5.41. The number of anilines is 2. The fourth-order valence-electron chi connectivity index (χ4n) is 5.04. The van der Waals surface area contributed by atoms with Crippen LogP contribution in [0.2, 0.25) is 0 Å². The van der Waals surface area contributed by atoms with Crippen molar-refractivity contribution in [3.63, 3.8) is 0 Å². The van der Waals surface area contributed by atoms with Crippen LogP contribution in [-0.4, -0.2) is 50.2 Å². The molecule has 6 rings (SSSR count). The molecule has 0 amide bonds. The van der Waals surface area contributed by atoms with Crippen LogP contribution in [0.3, 0.4) is 0 Å². The SMILES string of the molecule is CCNC(=S)N[C@@H]1CC[C@H](Nc2nc(NCC3CC3)nc(C)c2-c2nc3c(C4CC4)nccc3s2)C1. The predicted octanol–water partition coefficient (Wildman–Crippen LogP) is 4.97. The molecule has 36 heavy (non-hydrogen) atoms. The van der Waals surface area contributed by atoms with Crippen molar-refractivity contribution in [3.8, 4) is 10.6 Å². The Bertz CT molecular complexity index is 1270. The smallest absolute Gasteiger partial charge is 0.224 e. The largest absolute Gasteiger partial charge is 0.366 e. The van der Waals surface area contributed by atoms with Gasteiger partial charge in [-0.25, -0.2) is 9.97 Å². The zero-order valence-corrected chi connectivity index (χ0v) is 22.6. The minimum Gasteiger partial charge on any atom is -0.366 e. The fourth-order valence-corrected chi connectivity index (χ4v) is 6.42. The first-order chi connectivity index (χ1) is 17.6. The Balaban J connectivity index is 1.29. The lowest BCUT2D eigenvalue weighted by Gasteiger charge is -2.19. The van der Waals surface area contributed by atoms with Gasteiger partial charge in [0.05, 0.1) is 21.7 Å². The molecule has 3 heterocycles. The highest BCUT2D eigenvalue weighted by molar-refractivity contribution is 7.80. The third-order valence-electron chi connectivity index (χ3n) is 7.30. The quantitative estimate of drug-likeness (QED) is 0.290. The number of aryl methyl sites for hydroxylation is 1. The molecule has 190 valence electrons. The highest BCUT2D eigenvalue weighted by Crippen LogP contribution is 2.44. The first kappa shape index (κ1) is 23.8. The molecule has 0 bridgehead atoms. The van der Waals surface area contributed by atoms with E-state index in [2.05, 4.69) is 46.2 Å². The van der Waals surface area contributed by atoms with Crippen molar-refractivity contribution >= 4 is 50.6 Å². The van der Waals surface area contributed by atoms with Crippen LogP contribution in [0.25, 0.3) is 20.8 Å². The Hall–Kier alpha value is -2.59. The topological polar surface area (TPSA) is 99.7 Å². The van der Waals surface area contributed by atoms with Crippen molar-refractivity contribution < 1.29 is 0 Å². The van der Waals surface area contributed by atoms with Gasteiger partial charge in [-0.3, -0.25) is 4.98 Å². The van der Waals surface area contributed by atoms with E-state index in [4.69, 9.17) is 27.2 Å². The van der Waals surface area contributed by atoms with Crippen molar-refractivity contribution in [1.29, 1.82) is 0 Å². The van der Waals surface area contributed by atoms with Crippen LogP contribution >= 0.6 is 23.6 Å². The van der Waals surface area contributed by atoms with Gasteiger partial charge in [0.15, 0.2) is 5.11 Å². The Kier molecular flexibility index (Phi) is 6.64. The van der Waals surface area contributed by atoms with Gasteiger partial charge in [0, 0.05) is 37.3 Å². The van der Waals surface area contributed by atoms with E-state index in [1.54, 1.807) is 11.3 Å². The van der Waals surface area contributed by atoms with E-state index in [0.29, 0.717) is 23.9 Å². The highest BCUT2D eigenvalue weighted by Gasteiger charge is 2.30. The van der Waals surface area contributed by atoms with Gasteiger partial charge in [0.25, 0.3) is 0 Å². The number of nitrogens with zero attached hydrogens (tertiary/aromatic N) is 4. The molecule has 3 aliphatic carbocycles. The van der Waals surface area contributed by atoms with E-state index in [0.717, 1.165) is 76.7 Å². The summed E-state index contributed by atoms with van der Waals surface area (Å²) in [4.78, 5) is 19.6. The summed E-state index contributed by atoms with van der Waals surface area (Å²) in [5, 5.41) is 15.6. The molecule has 4 N–H and O–H groups in total. The van der Waals surface area contributed by atoms with Gasteiger partial charge in [-0.1, -0.05) is 0 Å². The van der Waals surface area contributed by atoms with Gasteiger partial charge in [-0.05, 0) is 83.0 Å². The number of rotatable bonds is 9. The average molecular weight is 523 g/mol. The second-order valence-electron chi connectivity index (χ2n) is 10.4. The standard InChI is InChI=1S/C26H34N8S2/c1-3-27-26(35)32-18-9-8-17(12-18)31-23-20(14(2)30-25(34-23)29-13-15-4-5-15)24-33-22-19(36-24)10-11-28-21(22)16-6-7-16/h10-11,15-18H,3-9,12-13H2,1-2H3,(H2,27,32,35)(H2,29,30,31,34)/t17-,18+/m0/s1. The minimum absolute atomic E-state index is 0.314. The third kappa shape index (κ3) is 5.25. The number of hydrogen-bond donors (Lipinski definition) is 4. The maximum absolute atomic E-state index is 5.41. The summed E-state index contributed by atoms with van der Waals surface area (Å²) < 4.78 is 1.19. The molecule has 3 fully saturated rings. The van der Waals surface area contributed by atoms with Crippen molar-refractivity contribution in [2.75, 3.05) is 23.7 Å². The molecule has 0 saturated heterocycles. The number of thiocarbonyl (C=S) groups is 1. The lowest BCUT2D eigenvalue weighted by molar-refractivity contribution is 0.614. The molecule has 3 aliphatic rings. The summed E-state index contributed by atoms with van der Waals surface area (Å²) >= 11 is 7.13. The summed E-state index contributed by atoms with van der Waals surface area (Å²) in [7, 11) is 0. The Labute approximate surface area is 221 Å². The molecule has 0 aliphatic heterocycles.